The number of aromatic nitrogens is 1. The lowest BCUT2D eigenvalue weighted by atomic mass is 10.0. The van der Waals surface area contributed by atoms with Gasteiger partial charge in [0.25, 0.3) is 0 Å². The molecule has 0 spiro atoms. The average Bonchev–Trinajstić information content (AvgIpc) is 3.21. The standard InChI is InChI=1S/C26H32N4O2S/c1-2-6-24(31)29-26-28-22-11-9-19(17-23(22)33-26)10-12-25(32)27-21-13-15-30(16-14-21)18-20-7-4-3-5-8-20/h3-5,7-9,11,17,21H,2,6,10,12-16,18H2,1H3,(H,27,32)(H,28,29,31). The molecule has 33 heavy (non-hydrogen) atoms. The Labute approximate surface area is 199 Å². The monoisotopic (exact) mass is 464 g/mol. The van der Waals surface area contributed by atoms with Crippen LogP contribution in [0.15, 0.2) is 48.5 Å². The number of amides is 2. The number of nitrogens with zero attached hydrogens (tertiary/aromatic N) is 2. The fourth-order valence-electron chi connectivity index (χ4n) is 4.22. The first kappa shape index (κ1) is 23.4. The van der Waals surface area contributed by atoms with Crippen LogP contribution in [0.1, 0.15) is 50.2 Å². The third-order valence-electron chi connectivity index (χ3n) is 6.02. The molecule has 1 aliphatic rings. The predicted molar refractivity (Wildman–Crippen MR) is 134 cm³/mol. The molecule has 4 rings (SSSR count). The molecule has 2 N–H and O–H groups in total. The number of piperidine rings is 1. The normalized spacial score (nSPS) is 14.9. The largest absolute Gasteiger partial charge is 0.353 e. The van der Waals surface area contributed by atoms with Gasteiger partial charge < -0.3 is 10.6 Å². The molecule has 1 saturated heterocycles. The Morgan fingerprint density at radius 1 is 1.03 bits per heavy atom. The van der Waals surface area contributed by atoms with Crippen molar-refractivity contribution in [2.24, 2.45) is 0 Å². The third-order valence-corrected chi connectivity index (χ3v) is 6.95. The molecule has 7 heteroatoms. The number of aryl methyl sites for hydroxylation is 1. The lowest BCUT2D eigenvalue weighted by molar-refractivity contribution is -0.122. The fourth-order valence-corrected chi connectivity index (χ4v) is 5.17. The molecule has 174 valence electrons. The number of rotatable bonds is 9. The van der Waals surface area contributed by atoms with Gasteiger partial charge in [0, 0.05) is 38.5 Å². The van der Waals surface area contributed by atoms with Crippen molar-refractivity contribution in [3.8, 4) is 0 Å². The zero-order chi connectivity index (χ0) is 23.0. The van der Waals surface area contributed by atoms with E-state index in [4.69, 9.17) is 0 Å². The van der Waals surface area contributed by atoms with E-state index in [9.17, 15) is 9.59 Å². The zero-order valence-electron chi connectivity index (χ0n) is 19.2. The van der Waals surface area contributed by atoms with Crippen molar-refractivity contribution in [2.75, 3.05) is 18.4 Å². The Morgan fingerprint density at radius 3 is 2.58 bits per heavy atom. The molecule has 2 aromatic carbocycles. The molecular formula is C26H32N4O2S. The Morgan fingerprint density at radius 2 is 1.82 bits per heavy atom. The minimum absolute atomic E-state index is 0.000602. The molecule has 1 fully saturated rings. The van der Waals surface area contributed by atoms with Crippen LogP contribution in [0, 0.1) is 0 Å². The Balaban J connectivity index is 1.21. The molecule has 1 aliphatic heterocycles. The lowest BCUT2D eigenvalue weighted by Crippen LogP contribution is -2.44. The molecule has 1 aromatic heterocycles. The first-order valence-electron chi connectivity index (χ1n) is 11.8. The number of thiazole rings is 1. The first-order chi connectivity index (χ1) is 16.1. The summed E-state index contributed by atoms with van der Waals surface area (Å²) in [5.74, 6) is 0.118. The Bertz CT molecular complexity index is 1070. The van der Waals surface area contributed by atoms with E-state index in [1.54, 1.807) is 0 Å². The van der Waals surface area contributed by atoms with Crippen LogP contribution in [0.3, 0.4) is 0 Å². The van der Waals surface area contributed by atoms with Crippen LogP contribution >= 0.6 is 11.3 Å². The van der Waals surface area contributed by atoms with Gasteiger partial charge in [-0.1, -0.05) is 54.7 Å². The van der Waals surface area contributed by atoms with E-state index in [2.05, 4.69) is 50.8 Å². The van der Waals surface area contributed by atoms with E-state index in [1.165, 1.54) is 16.9 Å². The number of carbonyl (C=O) groups is 2. The number of fused-ring (bicyclic) bond motifs is 1. The summed E-state index contributed by atoms with van der Waals surface area (Å²) in [5, 5.41) is 6.73. The van der Waals surface area contributed by atoms with Crippen LogP contribution in [-0.2, 0) is 22.6 Å². The first-order valence-corrected chi connectivity index (χ1v) is 12.7. The summed E-state index contributed by atoms with van der Waals surface area (Å²) in [6, 6.07) is 16.9. The van der Waals surface area contributed by atoms with Crippen molar-refractivity contribution >= 4 is 38.5 Å². The van der Waals surface area contributed by atoms with E-state index in [0.29, 0.717) is 24.4 Å². The number of likely N-dealkylation sites (tertiary alicyclic amines) is 1. The summed E-state index contributed by atoms with van der Waals surface area (Å²) >= 11 is 1.48. The van der Waals surface area contributed by atoms with E-state index >= 15 is 0 Å². The van der Waals surface area contributed by atoms with Crippen LogP contribution in [0.5, 0.6) is 0 Å². The van der Waals surface area contributed by atoms with Crippen LogP contribution < -0.4 is 10.6 Å². The molecule has 6 nitrogen and oxygen atoms in total. The predicted octanol–water partition coefficient (Wildman–Crippen LogP) is 4.75. The molecule has 0 unspecified atom stereocenters. The summed E-state index contributed by atoms with van der Waals surface area (Å²) in [4.78, 5) is 31.3. The van der Waals surface area contributed by atoms with Gasteiger partial charge in [-0.2, -0.15) is 0 Å². The fraction of sp³-hybridized carbons (Fsp3) is 0.423. The van der Waals surface area contributed by atoms with Crippen LogP contribution in [-0.4, -0.2) is 40.8 Å². The van der Waals surface area contributed by atoms with E-state index < -0.39 is 0 Å². The molecule has 0 radical (unpaired) electrons. The van der Waals surface area contributed by atoms with Crippen molar-refractivity contribution in [2.45, 2.75) is 58.0 Å². The highest BCUT2D eigenvalue weighted by Gasteiger charge is 2.20. The van der Waals surface area contributed by atoms with E-state index in [1.807, 2.05) is 25.1 Å². The summed E-state index contributed by atoms with van der Waals surface area (Å²) < 4.78 is 1.03. The van der Waals surface area contributed by atoms with Crippen molar-refractivity contribution in [1.82, 2.24) is 15.2 Å². The highest BCUT2D eigenvalue weighted by Crippen LogP contribution is 2.27. The maximum absolute atomic E-state index is 12.5. The number of benzene rings is 2. The minimum atomic E-state index is -0.000602. The second kappa shape index (κ2) is 11.4. The Hall–Kier alpha value is -2.77. The van der Waals surface area contributed by atoms with Gasteiger partial charge in [0.1, 0.15) is 0 Å². The van der Waals surface area contributed by atoms with Crippen molar-refractivity contribution in [3.05, 3.63) is 59.7 Å². The van der Waals surface area contributed by atoms with Crippen LogP contribution in [0.4, 0.5) is 5.13 Å². The smallest absolute Gasteiger partial charge is 0.226 e. The second-order valence-corrected chi connectivity index (χ2v) is 9.75. The van der Waals surface area contributed by atoms with Gasteiger partial charge in [0.2, 0.25) is 11.8 Å². The Kier molecular flexibility index (Phi) is 8.07. The number of hydrogen-bond acceptors (Lipinski definition) is 5. The molecular weight excluding hydrogens is 432 g/mol. The van der Waals surface area contributed by atoms with Gasteiger partial charge in [-0.05, 0) is 48.9 Å². The van der Waals surface area contributed by atoms with Gasteiger partial charge in [0.15, 0.2) is 5.13 Å². The SMILES string of the molecule is CCCC(=O)Nc1nc2ccc(CCC(=O)NC3CCN(Cc4ccccc4)CC3)cc2s1. The summed E-state index contributed by atoms with van der Waals surface area (Å²) in [6.45, 7) is 4.99. The molecule has 2 amide bonds. The third kappa shape index (κ3) is 6.85. The van der Waals surface area contributed by atoms with E-state index in [0.717, 1.165) is 54.7 Å². The lowest BCUT2D eigenvalue weighted by Gasteiger charge is -2.32. The molecule has 3 aromatic rings. The zero-order valence-corrected chi connectivity index (χ0v) is 20.0. The highest BCUT2D eigenvalue weighted by molar-refractivity contribution is 7.22. The van der Waals surface area contributed by atoms with Gasteiger partial charge >= 0.3 is 0 Å². The summed E-state index contributed by atoms with van der Waals surface area (Å²) in [5.41, 5.74) is 3.33. The molecule has 0 bridgehead atoms. The quantitative estimate of drug-likeness (QED) is 0.479. The van der Waals surface area contributed by atoms with Gasteiger partial charge in [0.05, 0.1) is 10.2 Å². The number of carbonyl (C=O) groups excluding carboxylic acids is 2. The maximum atomic E-state index is 12.5. The molecule has 0 aliphatic carbocycles. The number of anilines is 1. The highest BCUT2D eigenvalue weighted by atomic mass is 32.1. The van der Waals surface area contributed by atoms with Gasteiger partial charge in [-0.3, -0.25) is 14.5 Å². The topological polar surface area (TPSA) is 74.3 Å². The summed E-state index contributed by atoms with van der Waals surface area (Å²) in [6.07, 6.45) is 4.49. The van der Waals surface area contributed by atoms with Gasteiger partial charge in [-0.25, -0.2) is 4.98 Å². The average molecular weight is 465 g/mol. The number of hydrogen-bond donors (Lipinski definition) is 2. The minimum Gasteiger partial charge on any atom is -0.353 e. The van der Waals surface area contributed by atoms with Crippen molar-refractivity contribution in [3.63, 3.8) is 0 Å². The van der Waals surface area contributed by atoms with Gasteiger partial charge in [-0.15, -0.1) is 0 Å². The maximum Gasteiger partial charge on any atom is 0.226 e. The van der Waals surface area contributed by atoms with E-state index in [-0.39, 0.29) is 17.9 Å². The van der Waals surface area contributed by atoms with Crippen LogP contribution in [0.2, 0.25) is 0 Å². The van der Waals surface area contributed by atoms with Crippen molar-refractivity contribution < 1.29 is 9.59 Å². The summed E-state index contributed by atoms with van der Waals surface area (Å²) in [7, 11) is 0. The molecule has 0 saturated carbocycles. The van der Waals surface area contributed by atoms with Crippen molar-refractivity contribution in [1.29, 1.82) is 0 Å². The molecule has 2 heterocycles. The van der Waals surface area contributed by atoms with Crippen LogP contribution in [0.25, 0.3) is 10.2 Å². The second-order valence-electron chi connectivity index (χ2n) is 8.72. The molecule has 0 atom stereocenters. The number of nitrogens with one attached hydrogen (secondary N) is 2.